The van der Waals surface area contributed by atoms with E-state index in [4.69, 9.17) is 9.72 Å². The van der Waals surface area contributed by atoms with Crippen LogP contribution in [0.2, 0.25) is 0 Å². The number of aryl methyl sites for hydroxylation is 2. The van der Waals surface area contributed by atoms with Gasteiger partial charge in [0.15, 0.2) is 0 Å². The van der Waals surface area contributed by atoms with Crippen LogP contribution in [0.5, 0.6) is 5.75 Å². The minimum atomic E-state index is -0.760. The highest BCUT2D eigenvalue weighted by atomic mass is 19.1. The molecule has 4 nitrogen and oxygen atoms in total. The SMILES string of the molecule is CC#CC(/C=C\C=C(/C)F)C(CNC=O)c1cc(C)c(OCC)c(-c2cc(C)c(F)cc2F)n1. The molecule has 0 bridgehead atoms. The molecule has 2 atom stereocenters. The third-order valence-electron chi connectivity index (χ3n) is 5.16. The molecule has 2 unspecified atom stereocenters. The van der Waals surface area contributed by atoms with Crippen LogP contribution in [0.25, 0.3) is 11.3 Å². The summed E-state index contributed by atoms with van der Waals surface area (Å²) in [6.45, 7) is 8.69. The number of benzene rings is 1. The van der Waals surface area contributed by atoms with Gasteiger partial charge < -0.3 is 10.1 Å². The molecule has 34 heavy (non-hydrogen) atoms. The molecule has 1 N–H and O–H groups in total. The van der Waals surface area contributed by atoms with E-state index in [1.807, 2.05) is 6.92 Å². The van der Waals surface area contributed by atoms with Crippen molar-refractivity contribution in [1.29, 1.82) is 0 Å². The molecule has 7 heteroatoms. The summed E-state index contributed by atoms with van der Waals surface area (Å²) in [6, 6.07) is 4.03. The van der Waals surface area contributed by atoms with E-state index in [1.165, 1.54) is 19.1 Å². The number of amides is 1. The van der Waals surface area contributed by atoms with Gasteiger partial charge in [0, 0.05) is 35.7 Å². The number of nitrogens with one attached hydrogen (secondary N) is 1. The van der Waals surface area contributed by atoms with Crippen LogP contribution in [0.1, 0.15) is 43.5 Å². The zero-order valence-corrected chi connectivity index (χ0v) is 20.0. The van der Waals surface area contributed by atoms with E-state index in [0.717, 1.165) is 6.07 Å². The zero-order chi connectivity index (χ0) is 25.3. The van der Waals surface area contributed by atoms with Crippen molar-refractivity contribution in [3.05, 3.63) is 70.7 Å². The molecular formula is C27H29F3N2O2. The lowest BCUT2D eigenvalue weighted by Crippen LogP contribution is -2.26. The molecule has 0 radical (unpaired) electrons. The summed E-state index contributed by atoms with van der Waals surface area (Å²) in [4.78, 5) is 15.8. The summed E-state index contributed by atoms with van der Waals surface area (Å²) >= 11 is 0. The average molecular weight is 471 g/mol. The Bertz CT molecular complexity index is 1140. The molecule has 1 amide bonds. The largest absolute Gasteiger partial charge is 0.491 e. The van der Waals surface area contributed by atoms with Gasteiger partial charge in [0.25, 0.3) is 0 Å². The molecule has 1 heterocycles. The Balaban J connectivity index is 2.75. The van der Waals surface area contributed by atoms with Crippen molar-refractivity contribution in [3.8, 4) is 28.8 Å². The monoisotopic (exact) mass is 470 g/mol. The molecule has 1 aromatic heterocycles. The highest BCUT2D eigenvalue weighted by molar-refractivity contribution is 5.70. The van der Waals surface area contributed by atoms with E-state index in [2.05, 4.69) is 17.2 Å². The fourth-order valence-corrected chi connectivity index (χ4v) is 3.57. The Kier molecular flexibility index (Phi) is 9.93. The highest BCUT2D eigenvalue weighted by Gasteiger charge is 2.25. The first-order chi connectivity index (χ1) is 16.2. The summed E-state index contributed by atoms with van der Waals surface area (Å²) < 4.78 is 47.8. The van der Waals surface area contributed by atoms with Crippen molar-refractivity contribution in [3.63, 3.8) is 0 Å². The van der Waals surface area contributed by atoms with Gasteiger partial charge in [-0.25, -0.2) is 18.2 Å². The third-order valence-corrected chi connectivity index (χ3v) is 5.16. The van der Waals surface area contributed by atoms with Gasteiger partial charge in [-0.15, -0.1) is 5.92 Å². The molecule has 0 saturated carbocycles. The topological polar surface area (TPSA) is 51.2 Å². The highest BCUT2D eigenvalue weighted by Crippen LogP contribution is 2.37. The number of aromatic nitrogens is 1. The van der Waals surface area contributed by atoms with E-state index in [1.54, 1.807) is 39.0 Å². The molecule has 1 aromatic carbocycles. The Morgan fingerprint density at radius 2 is 1.94 bits per heavy atom. The Morgan fingerprint density at radius 3 is 2.56 bits per heavy atom. The number of carbonyl (C=O) groups is 1. The van der Waals surface area contributed by atoms with Crippen molar-refractivity contribution in [2.75, 3.05) is 13.2 Å². The third kappa shape index (κ3) is 6.74. The summed E-state index contributed by atoms with van der Waals surface area (Å²) in [5.74, 6) is 3.70. The van der Waals surface area contributed by atoms with Crippen LogP contribution in [0.3, 0.4) is 0 Å². The van der Waals surface area contributed by atoms with E-state index in [0.29, 0.717) is 30.0 Å². The maximum Gasteiger partial charge on any atom is 0.207 e. The van der Waals surface area contributed by atoms with Crippen molar-refractivity contribution in [2.45, 2.75) is 40.5 Å². The molecule has 0 aliphatic carbocycles. The Hall–Kier alpha value is -3.53. The van der Waals surface area contributed by atoms with Crippen LogP contribution in [0.4, 0.5) is 13.2 Å². The predicted molar refractivity (Wildman–Crippen MR) is 128 cm³/mol. The van der Waals surface area contributed by atoms with E-state index < -0.39 is 23.5 Å². The van der Waals surface area contributed by atoms with Gasteiger partial charge in [-0.1, -0.05) is 18.1 Å². The van der Waals surface area contributed by atoms with E-state index >= 15 is 0 Å². The lowest BCUT2D eigenvalue weighted by atomic mass is 9.87. The molecule has 180 valence electrons. The number of halogens is 3. The quantitative estimate of drug-likeness (QED) is 0.266. The van der Waals surface area contributed by atoms with E-state index in [-0.39, 0.29) is 29.2 Å². The van der Waals surface area contributed by atoms with Crippen molar-refractivity contribution >= 4 is 6.41 Å². The fraction of sp³-hybridized carbons (Fsp3) is 0.333. The fourth-order valence-electron chi connectivity index (χ4n) is 3.57. The number of hydrogen-bond donors (Lipinski definition) is 1. The van der Waals surface area contributed by atoms with Crippen LogP contribution < -0.4 is 10.1 Å². The van der Waals surface area contributed by atoms with Gasteiger partial charge in [-0.2, -0.15) is 0 Å². The van der Waals surface area contributed by atoms with Gasteiger partial charge in [-0.05, 0) is 64.0 Å². The minimum Gasteiger partial charge on any atom is -0.491 e. The summed E-state index contributed by atoms with van der Waals surface area (Å²) in [5, 5.41) is 2.66. The zero-order valence-electron chi connectivity index (χ0n) is 20.0. The molecule has 0 aliphatic rings. The minimum absolute atomic E-state index is 0.110. The first-order valence-electron chi connectivity index (χ1n) is 10.9. The maximum absolute atomic E-state index is 14.9. The number of pyridine rings is 1. The van der Waals surface area contributed by atoms with Gasteiger partial charge in [0.05, 0.1) is 12.4 Å². The molecule has 0 aliphatic heterocycles. The molecule has 0 fully saturated rings. The summed E-state index contributed by atoms with van der Waals surface area (Å²) in [5.41, 5.74) is 1.85. The number of hydrogen-bond acceptors (Lipinski definition) is 3. The van der Waals surface area contributed by atoms with Gasteiger partial charge in [-0.3, -0.25) is 4.79 Å². The van der Waals surface area contributed by atoms with Crippen LogP contribution in [-0.4, -0.2) is 24.5 Å². The second-order valence-corrected chi connectivity index (χ2v) is 7.75. The maximum atomic E-state index is 14.9. The molecule has 0 saturated heterocycles. The summed E-state index contributed by atoms with van der Waals surface area (Å²) in [6.07, 6.45) is 5.17. The second kappa shape index (κ2) is 12.6. The Labute approximate surface area is 198 Å². The number of rotatable bonds is 10. The van der Waals surface area contributed by atoms with E-state index in [9.17, 15) is 18.0 Å². The van der Waals surface area contributed by atoms with Gasteiger partial charge in [0.2, 0.25) is 6.41 Å². The van der Waals surface area contributed by atoms with Gasteiger partial charge >= 0.3 is 0 Å². The second-order valence-electron chi connectivity index (χ2n) is 7.75. The van der Waals surface area contributed by atoms with Crippen molar-refractivity contribution < 1.29 is 22.7 Å². The number of ether oxygens (including phenoxy) is 1. The smallest absolute Gasteiger partial charge is 0.207 e. The van der Waals surface area contributed by atoms with Crippen molar-refractivity contribution in [1.82, 2.24) is 10.3 Å². The average Bonchev–Trinajstić information content (AvgIpc) is 2.78. The summed E-state index contributed by atoms with van der Waals surface area (Å²) in [7, 11) is 0. The standard InChI is InChI=1S/C27H29F3N2O2/c1-6-9-20(11-8-10-19(5)28)22(15-31-16-33)25-13-18(4)27(34-7-2)26(32-25)21-12-17(3)23(29)14-24(21)30/h8,10-14,16,20,22H,7,15H2,1-5H3,(H,31,33)/b11-8-,19-10+. The van der Waals surface area contributed by atoms with Crippen LogP contribution in [0.15, 0.2) is 42.3 Å². The normalized spacial score (nSPS) is 13.2. The number of allylic oxidation sites excluding steroid dienone is 4. The van der Waals surface area contributed by atoms with Crippen LogP contribution in [0, 0.1) is 43.2 Å². The van der Waals surface area contributed by atoms with Crippen molar-refractivity contribution in [2.24, 2.45) is 5.92 Å². The van der Waals surface area contributed by atoms with Gasteiger partial charge in [0.1, 0.15) is 23.1 Å². The molecular weight excluding hydrogens is 441 g/mol. The first kappa shape index (κ1) is 26.7. The number of carbonyl (C=O) groups excluding carboxylic acids is 1. The number of nitrogens with zero attached hydrogens (tertiary/aromatic N) is 1. The van der Waals surface area contributed by atoms with Crippen LogP contribution in [-0.2, 0) is 4.79 Å². The molecule has 2 aromatic rings. The Morgan fingerprint density at radius 1 is 1.21 bits per heavy atom. The lowest BCUT2D eigenvalue weighted by Gasteiger charge is -2.23. The molecule has 0 spiro atoms. The molecule has 2 rings (SSSR count). The first-order valence-corrected chi connectivity index (χ1v) is 10.9. The lowest BCUT2D eigenvalue weighted by molar-refractivity contribution is -0.109. The predicted octanol–water partition coefficient (Wildman–Crippen LogP) is 5.94. The van der Waals surface area contributed by atoms with Crippen LogP contribution >= 0.6 is 0 Å².